The second kappa shape index (κ2) is 9.43. The van der Waals surface area contributed by atoms with Gasteiger partial charge in [0.1, 0.15) is 0 Å². The van der Waals surface area contributed by atoms with E-state index < -0.39 is 5.78 Å². The highest BCUT2D eigenvalue weighted by Crippen LogP contribution is 2.24. The normalized spacial score (nSPS) is 11.8. The summed E-state index contributed by atoms with van der Waals surface area (Å²) in [5.41, 5.74) is 1.90. The van der Waals surface area contributed by atoms with Gasteiger partial charge in [0.15, 0.2) is 11.5 Å². The van der Waals surface area contributed by atoms with Crippen LogP contribution in [0.2, 0.25) is 0 Å². The predicted molar refractivity (Wildman–Crippen MR) is 117 cm³/mol. The van der Waals surface area contributed by atoms with Gasteiger partial charge in [-0.25, -0.2) is 0 Å². The smallest absolute Gasteiger partial charge is 0.223 e. The van der Waals surface area contributed by atoms with E-state index in [0.717, 1.165) is 0 Å². The van der Waals surface area contributed by atoms with Crippen molar-refractivity contribution in [1.29, 1.82) is 0 Å². The molecule has 6 heteroatoms. The van der Waals surface area contributed by atoms with E-state index in [1.807, 2.05) is 6.07 Å². The maximum atomic E-state index is 13.0. The molecule has 1 N–H and O–H groups in total. The maximum Gasteiger partial charge on any atom is 0.223 e. The molecule has 1 amide bonds. The van der Waals surface area contributed by atoms with Crippen LogP contribution in [-0.4, -0.2) is 23.8 Å². The number of amides is 1. The Labute approximate surface area is 174 Å². The van der Waals surface area contributed by atoms with E-state index in [1.165, 1.54) is 11.8 Å². The molecule has 0 aliphatic rings. The van der Waals surface area contributed by atoms with Crippen LogP contribution >= 0.6 is 0 Å². The average molecular weight is 399 g/mol. The number of hydrogen-bond donors (Lipinski definition) is 1. The molecule has 0 bridgehead atoms. The number of allylic oxidation sites excluding steroid dienone is 1. The molecule has 0 fully saturated rings. The van der Waals surface area contributed by atoms with Crippen LogP contribution in [0, 0.1) is 0 Å². The summed E-state index contributed by atoms with van der Waals surface area (Å²) >= 11 is 0. The van der Waals surface area contributed by atoms with Crippen LogP contribution in [-0.2, 0) is 4.79 Å². The van der Waals surface area contributed by atoms with Crippen LogP contribution in [0.5, 0.6) is 0 Å². The molecule has 0 aromatic heterocycles. The first-order valence-corrected chi connectivity index (χ1v) is 9.32. The lowest BCUT2D eigenvalue weighted by molar-refractivity contribution is -0.116. The van der Waals surface area contributed by atoms with Crippen molar-refractivity contribution in [2.24, 2.45) is 10.2 Å². The van der Waals surface area contributed by atoms with Gasteiger partial charge in [-0.05, 0) is 24.3 Å². The van der Waals surface area contributed by atoms with Gasteiger partial charge in [0, 0.05) is 30.8 Å². The molecule has 150 valence electrons. The number of aliphatic hydroxyl groups is 1. The standard InChI is InChI=1S/C24H21N3O3/c1-17(28)27(2)21-15-13-20(14-16-21)25-26-22(23(29)18-9-5-3-6-10-18)24(30)19-11-7-4-8-12-19/h3-16,29H,1-2H3/b23-22+,26-25?. The first kappa shape index (κ1) is 20.7. The van der Waals surface area contributed by atoms with Crippen molar-refractivity contribution in [1.82, 2.24) is 0 Å². The predicted octanol–water partition coefficient (Wildman–Crippen LogP) is 5.56. The number of hydrogen-bond acceptors (Lipinski definition) is 5. The Hall–Kier alpha value is -4.06. The summed E-state index contributed by atoms with van der Waals surface area (Å²) in [6.07, 6.45) is 0. The van der Waals surface area contributed by atoms with E-state index in [-0.39, 0.29) is 17.4 Å². The zero-order valence-electron chi connectivity index (χ0n) is 16.7. The molecule has 3 rings (SSSR count). The number of anilines is 1. The number of rotatable bonds is 6. The number of nitrogens with zero attached hydrogens (tertiary/aromatic N) is 3. The molecule has 0 spiro atoms. The Morgan fingerprint density at radius 3 is 1.87 bits per heavy atom. The van der Waals surface area contributed by atoms with Crippen LogP contribution in [0.25, 0.3) is 5.76 Å². The van der Waals surface area contributed by atoms with Gasteiger partial charge in [-0.2, -0.15) is 5.11 Å². The van der Waals surface area contributed by atoms with Crippen LogP contribution in [0.15, 0.2) is 101 Å². The maximum absolute atomic E-state index is 13.0. The molecular weight excluding hydrogens is 378 g/mol. The van der Waals surface area contributed by atoms with Gasteiger partial charge in [0.25, 0.3) is 0 Å². The van der Waals surface area contributed by atoms with Crippen molar-refractivity contribution in [2.45, 2.75) is 6.92 Å². The fourth-order valence-electron chi connectivity index (χ4n) is 2.69. The molecule has 0 unspecified atom stereocenters. The van der Waals surface area contributed by atoms with Crippen LogP contribution in [0.4, 0.5) is 11.4 Å². The molecule has 0 heterocycles. The van der Waals surface area contributed by atoms with Crippen molar-refractivity contribution >= 4 is 28.8 Å². The van der Waals surface area contributed by atoms with E-state index in [0.29, 0.717) is 22.5 Å². The second-order valence-electron chi connectivity index (χ2n) is 6.55. The summed E-state index contributed by atoms with van der Waals surface area (Å²) in [5, 5.41) is 18.9. The number of azo groups is 1. The minimum Gasteiger partial charge on any atom is -0.505 e. The van der Waals surface area contributed by atoms with Crippen LogP contribution in [0.1, 0.15) is 22.8 Å². The molecule has 3 aromatic rings. The van der Waals surface area contributed by atoms with Gasteiger partial charge in [0.2, 0.25) is 11.7 Å². The summed E-state index contributed by atoms with van der Waals surface area (Å²) < 4.78 is 0. The van der Waals surface area contributed by atoms with Gasteiger partial charge in [-0.15, -0.1) is 5.11 Å². The lowest BCUT2D eigenvalue weighted by Gasteiger charge is -2.14. The van der Waals surface area contributed by atoms with Gasteiger partial charge < -0.3 is 10.0 Å². The SMILES string of the molecule is CC(=O)N(C)c1ccc(N=N/C(C(=O)c2ccccc2)=C(/O)c2ccccc2)cc1. The van der Waals surface area contributed by atoms with Crippen molar-refractivity contribution in [3.05, 3.63) is 102 Å². The minimum absolute atomic E-state index is 0.0872. The van der Waals surface area contributed by atoms with Crippen molar-refractivity contribution in [2.75, 3.05) is 11.9 Å². The summed E-state index contributed by atoms with van der Waals surface area (Å²) in [5.74, 6) is -0.773. The highest BCUT2D eigenvalue weighted by Gasteiger charge is 2.18. The highest BCUT2D eigenvalue weighted by atomic mass is 16.3. The Bertz CT molecular complexity index is 1090. The Kier molecular flexibility index (Phi) is 6.49. The third kappa shape index (κ3) is 4.86. The third-order valence-corrected chi connectivity index (χ3v) is 4.50. The van der Waals surface area contributed by atoms with Crippen molar-refractivity contribution < 1.29 is 14.7 Å². The lowest BCUT2D eigenvalue weighted by Crippen LogP contribution is -2.22. The largest absolute Gasteiger partial charge is 0.505 e. The molecule has 0 saturated carbocycles. The topological polar surface area (TPSA) is 82.3 Å². The highest BCUT2D eigenvalue weighted by molar-refractivity contribution is 6.12. The van der Waals surface area contributed by atoms with E-state index >= 15 is 0 Å². The zero-order chi connectivity index (χ0) is 21.5. The fraction of sp³-hybridized carbons (Fsp3) is 0.0833. The quantitative estimate of drug-likeness (QED) is 0.255. The number of carbonyl (C=O) groups is 2. The second-order valence-corrected chi connectivity index (χ2v) is 6.55. The molecule has 0 atom stereocenters. The molecule has 0 aliphatic carbocycles. The first-order chi connectivity index (χ1) is 14.5. The summed E-state index contributed by atoms with van der Waals surface area (Å²) in [7, 11) is 1.68. The number of ketones is 1. The number of aliphatic hydroxyl groups excluding tert-OH is 1. The van der Waals surface area contributed by atoms with E-state index in [4.69, 9.17) is 0 Å². The van der Waals surface area contributed by atoms with Crippen molar-refractivity contribution in [3.8, 4) is 0 Å². The summed E-state index contributed by atoms with van der Waals surface area (Å²) in [4.78, 5) is 26.0. The Morgan fingerprint density at radius 2 is 1.33 bits per heavy atom. The Balaban J connectivity index is 1.97. The molecule has 3 aromatic carbocycles. The van der Waals surface area contributed by atoms with E-state index in [1.54, 1.807) is 85.9 Å². The van der Waals surface area contributed by atoms with Gasteiger partial charge in [-0.1, -0.05) is 60.7 Å². The number of carbonyl (C=O) groups excluding carboxylic acids is 2. The lowest BCUT2D eigenvalue weighted by atomic mass is 10.1. The molecule has 6 nitrogen and oxygen atoms in total. The third-order valence-electron chi connectivity index (χ3n) is 4.50. The molecule has 30 heavy (non-hydrogen) atoms. The first-order valence-electron chi connectivity index (χ1n) is 9.32. The average Bonchev–Trinajstić information content (AvgIpc) is 2.80. The fourth-order valence-corrected chi connectivity index (χ4v) is 2.69. The van der Waals surface area contributed by atoms with Crippen LogP contribution in [0.3, 0.4) is 0 Å². The van der Waals surface area contributed by atoms with Gasteiger partial charge >= 0.3 is 0 Å². The van der Waals surface area contributed by atoms with Crippen molar-refractivity contribution in [3.63, 3.8) is 0 Å². The molecular formula is C24H21N3O3. The zero-order valence-corrected chi connectivity index (χ0v) is 16.7. The van der Waals surface area contributed by atoms with E-state index in [9.17, 15) is 14.7 Å². The summed E-state index contributed by atoms with van der Waals surface area (Å²) in [6, 6.07) is 24.1. The van der Waals surface area contributed by atoms with Gasteiger partial charge in [0.05, 0.1) is 5.69 Å². The number of Topliss-reactive ketones (excluding diaryl/α,β-unsaturated/α-hetero) is 1. The molecule has 0 aliphatic heterocycles. The number of benzene rings is 3. The molecule has 0 radical (unpaired) electrons. The minimum atomic E-state index is -0.436. The monoisotopic (exact) mass is 399 g/mol. The van der Waals surface area contributed by atoms with Crippen LogP contribution < -0.4 is 4.90 Å². The van der Waals surface area contributed by atoms with Gasteiger partial charge in [-0.3, -0.25) is 9.59 Å². The van der Waals surface area contributed by atoms with E-state index in [2.05, 4.69) is 10.2 Å². The Morgan fingerprint density at radius 1 is 0.800 bits per heavy atom. The summed E-state index contributed by atoms with van der Waals surface area (Å²) in [6.45, 7) is 1.48. The molecule has 0 saturated heterocycles.